The van der Waals surface area contributed by atoms with E-state index in [0.717, 1.165) is 11.4 Å². The van der Waals surface area contributed by atoms with E-state index in [0.29, 0.717) is 0 Å². The molecule has 36 heavy (non-hydrogen) atoms. The summed E-state index contributed by atoms with van der Waals surface area (Å²) in [4.78, 5) is 0. The maximum atomic E-state index is 3.66. The second-order valence-corrected chi connectivity index (χ2v) is 10.3. The minimum Gasteiger partial charge on any atom is -0.356 e. The van der Waals surface area contributed by atoms with E-state index in [1.54, 1.807) is 0 Å². The van der Waals surface area contributed by atoms with Crippen LogP contribution >= 0.6 is 0 Å². The van der Waals surface area contributed by atoms with Crippen molar-refractivity contribution in [1.82, 2.24) is 0 Å². The lowest BCUT2D eigenvalue weighted by atomic mass is 9.79. The van der Waals surface area contributed by atoms with Gasteiger partial charge in [0.25, 0.3) is 0 Å². The van der Waals surface area contributed by atoms with Crippen LogP contribution in [0.2, 0.25) is 0 Å². The van der Waals surface area contributed by atoms with E-state index in [4.69, 9.17) is 0 Å². The second kappa shape index (κ2) is 7.83. The first-order chi connectivity index (χ1) is 17.6. The van der Waals surface area contributed by atoms with Gasteiger partial charge in [0, 0.05) is 16.8 Å². The summed E-state index contributed by atoms with van der Waals surface area (Å²) >= 11 is 0. The summed E-state index contributed by atoms with van der Waals surface area (Å²) in [6.07, 6.45) is 0. The third-order valence-corrected chi connectivity index (χ3v) is 7.80. The Hall–Kier alpha value is -4.36. The van der Waals surface area contributed by atoms with Gasteiger partial charge < -0.3 is 5.32 Å². The van der Waals surface area contributed by atoms with Crippen molar-refractivity contribution < 1.29 is 0 Å². The Bertz CT molecular complexity index is 1760. The molecule has 0 aliphatic heterocycles. The first-order valence-corrected chi connectivity index (χ1v) is 12.6. The largest absolute Gasteiger partial charge is 0.356 e. The molecule has 0 radical (unpaired) electrons. The lowest BCUT2D eigenvalue weighted by Gasteiger charge is -2.24. The zero-order valence-electron chi connectivity index (χ0n) is 20.5. The molecule has 6 aromatic rings. The quantitative estimate of drug-likeness (QED) is 0.259. The molecule has 6 aromatic carbocycles. The van der Waals surface area contributed by atoms with Crippen molar-refractivity contribution >= 4 is 32.9 Å². The maximum absolute atomic E-state index is 3.66. The Kier molecular flexibility index (Phi) is 4.56. The summed E-state index contributed by atoms with van der Waals surface area (Å²) in [5.74, 6) is 0. The first-order valence-electron chi connectivity index (χ1n) is 12.6. The molecule has 0 heterocycles. The van der Waals surface area contributed by atoms with Crippen LogP contribution in [-0.2, 0) is 5.41 Å². The third-order valence-electron chi connectivity index (χ3n) is 7.80. The van der Waals surface area contributed by atoms with Crippen molar-refractivity contribution in [2.45, 2.75) is 19.3 Å². The van der Waals surface area contributed by atoms with E-state index in [1.165, 1.54) is 54.9 Å². The molecule has 1 aliphatic carbocycles. The van der Waals surface area contributed by atoms with Gasteiger partial charge in [0.2, 0.25) is 0 Å². The van der Waals surface area contributed by atoms with Crippen molar-refractivity contribution in [1.29, 1.82) is 0 Å². The molecule has 0 bridgehead atoms. The zero-order chi connectivity index (χ0) is 24.3. The average Bonchev–Trinajstić information content (AvgIpc) is 3.16. The van der Waals surface area contributed by atoms with Crippen molar-refractivity contribution in [3.05, 3.63) is 132 Å². The van der Waals surface area contributed by atoms with Crippen molar-refractivity contribution in [2.75, 3.05) is 5.32 Å². The molecule has 0 fully saturated rings. The van der Waals surface area contributed by atoms with Crippen LogP contribution in [0.15, 0.2) is 121 Å². The fraction of sp³-hybridized carbons (Fsp3) is 0.0857. The van der Waals surface area contributed by atoms with Crippen LogP contribution < -0.4 is 5.32 Å². The van der Waals surface area contributed by atoms with Crippen molar-refractivity contribution in [3.8, 4) is 22.3 Å². The van der Waals surface area contributed by atoms with Crippen LogP contribution in [0.5, 0.6) is 0 Å². The number of fused-ring (bicyclic) bond motifs is 8. The van der Waals surface area contributed by atoms with Gasteiger partial charge in [0.1, 0.15) is 0 Å². The predicted molar refractivity (Wildman–Crippen MR) is 154 cm³/mol. The zero-order valence-corrected chi connectivity index (χ0v) is 20.5. The van der Waals surface area contributed by atoms with Gasteiger partial charge in [-0.2, -0.15) is 0 Å². The Morgan fingerprint density at radius 3 is 1.78 bits per heavy atom. The highest BCUT2D eigenvalue weighted by Crippen LogP contribution is 2.55. The van der Waals surface area contributed by atoms with E-state index in [2.05, 4.69) is 140 Å². The Morgan fingerprint density at radius 2 is 1.06 bits per heavy atom. The van der Waals surface area contributed by atoms with Gasteiger partial charge in [-0.3, -0.25) is 0 Å². The molecule has 1 heteroatoms. The highest BCUT2D eigenvalue weighted by molar-refractivity contribution is 6.18. The van der Waals surface area contributed by atoms with Crippen LogP contribution in [0.1, 0.15) is 25.0 Å². The molecule has 0 aromatic heterocycles. The highest BCUT2D eigenvalue weighted by Gasteiger charge is 2.38. The summed E-state index contributed by atoms with van der Waals surface area (Å²) < 4.78 is 0. The van der Waals surface area contributed by atoms with E-state index in [1.807, 2.05) is 0 Å². The van der Waals surface area contributed by atoms with E-state index < -0.39 is 0 Å². The lowest BCUT2D eigenvalue weighted by Crippen LogP contribution is -2.15. The number of anilines is 2. The molecule has 7 rings (SSSR count). The lowest BCUT2D eigenvalue weighted by molar-refractivity contribution is 0.666. The molecule has 0 amide bonds. The van der Waals surface area contributed by atoms with Crippen LogP contribution in [0.25, 0.3) is 43.8 Å². The van der Waals surface area contributed by atoms with Gasteiger partial charge in [-0.25, -0.2) is 0 Å². The van der Waals surface area contributed by atoms with Crippen LogP contribution in [0, 0.1) is 0 Å². The van der Waals surface area contributed by atoms with E-state index in [9.17, 15) is 0 Å². The number of benzene rings is 6. The van der Waals surface area contributed by atoms with E-state index >= 15 is 0 Å². The minimum atomic E-state index is -0.0653. The third kappa shape index (κ3) is 3.09. The molecule has 0 saturated heterocycles. The summed E-state index contributed by atoms with van der Waals surface area (Å²) in [6, 6.07) is 43.8. The van der Waals surface area contributed by atoms with Crippen molar-refractivity contribution in [2.24, 2.45) is 0 Å². The molecular formula is C35H27N. The normalized spacial score (nSPS) is 13.5. The maximum Gasteiger partial charge on any atom is 0.0390 e. The summed E-state index contributed by atoms with van der Waals surface area (Å²) in [5.41, 5.74) is 10.2. The van der Waals surface area contributed by atoms with Crippen LogP contribution in [-0.4, -0.2) is 0 Å². The predicted octanol–water partition coefficient (Wildman–Crippen LogP) is 9.71. The molecule has 0 spiro atoms. The van der Waals surface area contributed by atoms with Gasteiger partial charge in [-0.1, -0.05) is 111 Å². The molecular weight excluding hydrogens is 434 g/mol. The molecule has 0 unspecified atom stereocenters. The number of rotatable bonds is 3. The molecule has 1 nitrogen and oxygen atoms in total. The molecule has 1 N–H and O–H groups in total. The smallest absolute Gasteiger partial charge is 0.0390 e. The molecule has 172 valence electrons. The topological polar surface area (TPSA) is 12.0 Å². The summed E-state index contributed by atoms with van der Waals surface area (Å²) in [7, 11) is 0. The highest BCUT2D eigenvalue weighted by atomic mass is 14.9. The number of hydrogen-bond donors (Lipinski definition) is 1. The number of nitrogens with one attached hydrogen (secondary N) is 1. The second-order valence-electron chi connectivity index (χ2n) is 10.3. The SMILES string of the molecule is CC1(C)c2ccc(Nc3ccc(-c4ccccc4)cc3)cc2-c2c1c1ccccc1c1ccccc21. The Morgan fingerprint density at radius 1 is 0.500 bits per heavy atom. The fourth-order valence-electron chi connectivity index (χ4n) is 6.12. The summed E-state index contributed by atoms with van der Waals surface area (Å²) in [6.45, 7) is 4.74. The number of hydrogen-bond acceptors (Lipinski definition) is 1. The Labute approximate surface area is 212 Å². The van der Waals surface area contributed by atoms with Crippen molar-refractivity contribution in [3.63, 3.8) is 0 Å². The molecule has 0 atom stereocenters. The first kappa shape index (κ1) is 21.0. The monoisotopic (exact) mass is 461 g/mol. The van der Waals surface area contributed by atoms with E-state index in [-0.39, 0.29) is 5.41 Å². The van der Waals surface area contributed by atoms with Gasteiger partial charge >= 0.3 is 0 Å². The Balaban J connectivity index is 1.35. The van der Waals surface area contributed by atoms with Crippen LogP contribution in [0.3, 0.4) is 0 Å². The molecule has 0 saturated carbocycles. The molecule has 1 aliphatic rings. The van der Waals surface area contributed by atoms with Gasteiger partial charge in [0.05, 0.1) is 0 Å². The standard InChI is InChI=1S/C35H27N/c1-35(2)32-21-20-26(36-25-18-16-24(17-19-25)23-10-4-3-5-11-23)22-31(32)33-29-14-8-6-12-27(29)28-13-7-9-15-30(28)34(33)35/h3-22,36H,1-2H3. The fourth-order valence-corrected chi connectivity index (χ4v) is 6.12. The van der Waals surface area contributed by atoms with Gasteiger partial charge in [0.15, 0.2) is 0 Å². The average molecular weight is 462 g/mol. The minimum absolute atomic E-state index is 0.0653. The van der Waals surface area contributed by atoms with Gasteiger partial charge in [-0.05, 0) is 79.2 Å². The summed E-state index contributed by atoms with van der Waals surface area (Å²) in [5, 5.41) is 9.01. The van der Waals surface area contributed by atoms with Gasteiger partial charge in [-0.15, -0.1) is 0 Å². The van der Waals surface area contributed by atoms with Crippen LogP contribution in [0.4, 0.5) is 11.4 Å².